The highest BCUT2D eigenvalue weighted by Crippen LogP contribution is 2.21. The molecular weight excluding hydrogens is 182 g/mol. The van der Waals surface area contributed by atoms with Gasteiger partial charge in [0.05, 0.1) is 23.3 Å². The van der Waals surface area contributed by atoms with Gasteiger partial charge in [0, 0.05) is 0 Å². The van der Waals surface area contributed by atoms with E-state index in [9.17, 15) is 4.79 Å². The lowest BCUT2D eigenvalue weighted by Crippen LogP contribution is -2.01. The molecule has 1 rings (SSSR count). The van der Waals surface area contributed by atoms with Gasteiger partial charge >= 0.3 is 5.97 Å². The molecule has 0 bridgehead atoms. The van der Waals surface area contributed by atoms with Crippen LogP contribution >= 0.6 is 11.6 Å². The summed E-state index contributed by atoms with van der Waals surface area (Å²) in [4.78, 5) is 13.9. The molecule has 12 heavy (non-hydrogen) atoms. The Morgan fingerprint density at radius 1 is 1.67 bits per heavy atom. The van der Waals surface area contributed by atoms with Gasteiger partial charge < -0.3 is 10.2 Å². The maximum Gasteiger partial charge on any atom is 0.309 e. The summed E-state index contributed by atoms with van der Waals surface area (Å²) in [5, 5.41) is 17.4. The standard InChI is InChI=1S/C7H6ClNO3/c8-5-1-4(2-7(11)12)9-3-6(5)10/h1,3,10H,2H2,(H,11,12). The van der Waals surface area contributed by atoms with E-state index in [1.165, 1.54) is 6.07 Å². The van der Waals surface area contributed by atoms with Gasteiger partial charge in [0.2, 0.25) is 0 Å². The smallest absolute Gasteiger partial charge is 0.309 e. The van der Waals surface area contributed by atoms with Crippen LogP contribution in [0.3, 0.4) is 0 Å². The molecular formula is C7H6ClNO3. The van der Waals surface area contributed by atoms with Crippen molar-refractivity contribution in [3.8, 4) is 5.75 Å². The van der Waals surface area contributed by atoms with Crippen molar-refractivity contribution < 1.29 is 15.0 Å². The van der Waals surface area contributed by atoms with Crippen molar-refractivity contribution in [3.63, 3.8) is 0 Å². The van der Waals surface area contributed by atoms with Crippen LogP contribution in [0.4, 0.5) is 0 Å². The van der Waals surface area contributed by atoms with Crippen LogP contribution in [0.1, 0.15) is 5.69 Å². The SMILES string of the molecule is O=C(O)Cc1cc(Cl)c(O)cn1. The molecule has 0 fully saturated rings. The Balaban J connectivity index is 2.89. The molecule has 1 heterocycles. The molecule has 64 valence electrons. The number of aliphatic carboxylic acids is 1. The zero-order valence-electron chi connectivity index (χ0n) is 5.99. The molecule has 0 unspecified atom stereocenters. The largest absolute Gasteiger partial charge is 0.505 e. The van der Waals surface area contributed by atoms with E-state index in [1.807, 2.05) is 0 Å². The van der Waals surface area contributed by atoms with Crippen molar-refractivity contribution in [2.45, 2.75) is 6.42 Å². The van der Waals surface area contributed by atoms with Gasteiger partial charge in [-0.2, -0.15) is 0 Å². The lowest BCUT2D eigenvalue weighted by molar-refractivity contribution is -0.136. The molecule has 1 aromatic heterocycles. The fourth-order valence-electron chi connectivity index (χ4n) is 0.715. The number of aromatic hydroxyl groups is 1. The summed E-state index contributed by atoms with van der Waals surface area (Å²) >= 11 is 5.51. The van der Waals surface area contributed by atoms with E-state index in [1.54, 1.807) is 0 Å². The van der Waals surface area contributed by atoms with E-state index in [4.69, 9.17) is 21.8 Å². The van der Waals surface area contributed by atoms with Gasteiger partial charge in [-0.1, -0.05) is 11.6 Å². The Morgan fingerprint density at radius 3 is 2.83 bits per heavy atom. The van der Waals surface area contributed by atoms with Crippen LogP contribution < -0.4 is 0 Å². The van der Waals surface area contributed by atoms with E-state index < -0.39 is 5.97 Å². The number of rotatable bonds is 2. The number of pyridine rings is 1. The summed E-state index contributed by atoms with van der Waals surface area (Å²) in [6.07, 6.45) is 0.931. The first-order chi connectivity index (χ1) is 5.59. The van der Waals surface area contributed by atoms with E-state index >= 15 is 0 Å². The lowest BCUT2D eigenvalue weighted by atomic mass is 10.3. The number of carboxylic acids is 1. The molecule has 0 spiro atoms. The maximum atomic E-state index is 10.2. The molecule has 0 radical (unpaired) electrons. The zero-order valence-corrected chi connectivity index (χ0v) is 6.75. The van der Waals surface area contributed by atoms with Crippen molar-refractivity contribution in [3.05, 3.63) is 23.0 Å². The number of nitrogens with zero attached hydrogens (tertiary/aromatic N) is 1. The average Bonchev–Trinajstić information content (AvgIpc) is 1.96. The van der Waals surface area contributed by atoms with Gasteiger partial charge in [-0.05, 0) is 6.07 Å². The maximum absolute atomic E-state index is 10.2. The first-order valence-corrected chi connectivity index (χ1v) is 3.52. The zero-order chi connectivity index (χ0) is 9.14. The van der Waals surface area contributed by atoms with Crippen LogP contribution in [-0.2, 0) is 11.2 Å². The number of halogens is 1. The summed E-state index contributed by atoms with van der Waals surface area (Å²) in [6, 6.07) is 1.32. The minimum atomic E-state index is -0.982. The first kappa shape index (κ1) is 8.80. The van der Waals surface area contributed by atoms with Gasteiger partial charge in [-0.25, -0.2) is 0 Å². The number of hydrogen-bond donors (Lipinski definition) is 2. The number of carbonyl (C=O) groups is 1. The Bertz CT molecular complexity index is 314. The Morgan fingerprint density at radius 2 is 2.33 bits per heavy atom. The van der Waals surface area contributed by atoms with E-state index in [0.29, 0.717) is 5.69 Å². The van der Waals surface area contributed by atoms with Crippen LogP contribution in [0, 0.1) is 0 Å². The summed E-state index contributed by atoms with van der Waals surface area (Å²) < 4.78 is 0. The predicted molar refractivity (Wildman–Crippen MR) is 42.3 cm³/mol. The first-order valence-electron chi connectivity index (χ1n) is 3.15. The molecule has 0 aliphatic carbocycles. The molecule has 2 N–H and O–H groups in total. The highest BCUT2D eigenvalue weighted by Gasteiger charge is 2.04. The molecule has 4 nitrogen and oxygen atoms in total. The predicted octanol–water partition coefficient (Wildman–Crippen LogP) is 1.07. The monoisotopic (exact) mass is 187 g/mol. The van der Waals surface area contributed by atoms with Gasteiger partial charge in [0.1, 0.15) is 0 Å². The second-order valence-corrected chi connectivity index (χ2v) is 2.60. The van der Waals surface area contributed by atoms with Crippen molar-refractivity contribution in [2.75, 3.05) is 0 Å². The lowest BCUT2D eigenvalue weighted by Gasteiger charge is -1.98. The quantitative estimate of drug-likeness (QED) is 0.727. The van der Waals surface area contributed by atoms with Crippen molar-refractivity contribution in [1.82, 2.24) is 4.98 Å². The summed E-state index contributed by atoms with van der Waals surface area (Å²) in [5.74, 6) is -1.13. The van der Waals surface area contributed by atoms with Gasteiger partial charge in [-0.15, -0.1) is 0 Å². The third kappa shape index (κ3) is 2.10. The van der Waals surface area contributed by atoms with Gasteiger partial charge in [0.15, 0.2) is 5.75 Å². The fourth-order valence-corrected chi connectivity index (χ4v) is 0.890. The van der Waals surface area contributed by atoms with E-state index in [0.717, 1.165) is 6.20 Å². The number of carboxylic acid groups (broad SMARTS) is 1. The Hall–Kier alpha value is -1.29. The van der Waals surface area contributed by atoms with Crippen LogP contribution in [-0.4, -0.2) is 21.2 Å². The molecule has 5 heteroatoms. The summed E-state index contributed by atoms with van der Waals surface area (Å²) in [7, 11) is 0. The molecule has 0 atom stereocenters. The van der Waals surface area contributed by atoms with Crippen molar-refractivity contribution in [1.29, 1.82) is 0 Å². The van der Waals surface area contributed by atoms with Crippen LogP contribution in [0.2, 0.25) is 5.02 Å². The molecule has 1 aromatic rings. The minimum Gasteiger partial charge on any atom is -0.505 e. The molecule has 0 saturated heterocycles. The van der Waals surface area contributed by atoms with Crippen LogP contribution in [0.5, 0.6) is 5.75 Å². The second kappa shape index (κ2) is 3.40. The number of hydrogen-bond acceptors (Lipinski definition) is 3. The third-order valence-corrected chi connectivity index (χ3v) is 1.53. The Kier molecular flexibility index (Phi) is 2.50. The average molecular weight is 188 g/mol. The Labute approximate surface area is 73.4 Å². The summed E-state index contributed by atoms with van der Waals surface area (Å²) in [5.41, 5.74) is 0.324. The van der Waals surface area contributed by atoms with Gasteiger partial charge in [-0.3, -0.25) is 9.78 Å². The third-order valence-electron chi connectivity index (χ3n) is 1.22. The van der Waals surface area contributed by atoms with Crippen LogP contribution in [0.15, 0.2) is 12.3 Å². The highest BCUT2D eigenvalue weighted by atomic mass is 35.5. The van der Waals surface area contributed by atoms with Crippen molar-refractivity contribution in [2.24, 2.45) is 0 Å². The second-order valence-electron chi connectivity index (χ2n) is 2.20. The van der Waals surface area contributed by atoms with Crippen LogP contribution in [0.25, 0.3) is 0 Å². The molecule has 0 aliphatic heterocycles. The molecule has 0 aliphatic rings. The minimum absolute atomic E-state index is 0.112. The van der Waals surface area contributed by atoms with E-state index in [2.05, 4.69) is 4.98 Å². The molecule has 0 amide bonds. The molecule has 0 aromatic carbocycles. The van der Waals surface area contributed by atoms with Gasteiger partial charge in [0.25, 0.3) is 0 Å². The number of aromatic nitrogens is 1. The topological polar surface area (TPSA) is 70.4 Å². The normalized spacial score (nSPS) is 9.75. The highest BCUT2D eigenvalue weighted by molar-refractivity contribution is 6.32. The molecule has 0 saturated carbocycles. The summed E-state index contributed by atoms with van der Waals surface area (Å²) in [6.45, 7) is 0. The van der Waals surface area contributed by atoms with Crippen molar-refractivity contribution >= 4 is 17.6 Å². The fraction of sp³-hybridized carbons (Fsp3) is 0.143. The van der Waals surface area contributed by atoms with E-state index in [-0.39, 0.29) is 17.2 Å².